The Morgan fingerprint density at radius 2 is 2.07 bits per heavy atom. The van der Waals surface area contributed by atoms with E-state index in [-0.39, 0.29) is 17.9 Å². The minimum atomic E-state index is -0.221. The minimum Gasteiger partial charge on any atom is -0.323 e. The summed E-state index contributed by atoms with van der Waals surface area (Å²) in [5, 5.41) is 2.39. The number of nitrogens with one attached hydrogen (secondary N) is 1. The van der Waals surface area contributed by atoms with Gasteiger partial charge in [-0.3, -0.25) is 10.1 Å². The Kier molecular flexibility index (Phi) is 2.24. The molecule has 1 aliphatic heterocycles. The van der Waals surface area contributed by atoms with E-state index in [1.165, 1.54) is 6.42 Å². The topological polar surface area (TPSA) is 49.4 Å². The SMILES string of the molecule is CC1CN(CC2CC2(C)C)C(=O)NC1=O. The van der Waals surface area contributed by atoms with E-state index in [0.717, 1.165) is 6.54 Å². The molecule has 0 radical (unpaired) electrons. The standard InChI is InChI=1S/C11H18N2O2/c1-7-5-13(10(15)12-9(7)14)6-8-4-11(8,2)3/h7-8H,4-6H2,1-3H3,(H,12,14,15). The number of carbonyl (C=O) groups excluding carboxylic acids is 2. The lowest BCUT2D eigenvalue weighted by atomic mass is 10.1. The summed E-state index contributed by atoms with van der Waals surface area (Å²) < 4.78 is 0. The van der Waals surface area contributed by atoms with Gasteiger partial charge in [0.05, 0.1) is 5.92 Å². The van der Waals surface area contributed by atoms with Gasteiger partial charge in [-0.05, 0) is 17.8 Å². The van der Waals surface area contributed by atoms with Gasteiger partial charge in [0.2, 0.25) is 5.91 Å². The Morgan fingerprint density at radius 3 is 2.60 bits per heavy atom. The van der Waals surface area contributed by atoms with Crippen LogP contribution in [0.4, 0.5) is 4.79 Å². The molecular weight excluding hydrogens is 192 g/mol. The summed E-state index contributed by atoms with van der Waals surface area (Å²) in [5.41, 5.74) is 0.380. The quantitative estimate of drug-likeness (QED) is 0.745. The molecule has 1 saturated heterocycles. The molecule has 1 N–H and O–H groups in total. The fourth-order valence-corrected chi connectivity index (χ4v) is 2.12. The first-order valence-corrected chi connectivity index (χ1v) is 5.50. The summed E-state index contributed by atoms with van der Waals surface area (Å²) in [6.07, 6.45) is 1.18. The van der Waals surface area contributed by atoms with E-state index >= 15 is 0 Å². The molecule has 0 aromatic carbocycles. The number of hydrogen-bond donors (Lipinski definition) is 1. The summed E-state index contributed by atoms with van der Waals surface area (Å²) in [6.45, 7) is 7.64. The second kappa shape index (κ2) is 3.22. The fraction of sp³-hybridized carbons (Fsp3) is 0.818. The Balaban J connectivity index is 1.93. The highest BCUT2D eigenvalue weighted by molar-refractivity contribution is 5.97. The summed E-state index contributed by atoms with van der Waals surface area (Å²) in [4.78, 5) is 24.5. The molecule has 0 aromatic heterocycles. The van der Waals surface area contributed by atoms with Crippen molar-refractivity contribution in [2.45, 2.75) is 27.2 Å². The highest BCUT2D eigenvalue weighted by atomic mass is 16.2. The number of amides is 3. The van der Waals surface area contributed by atoms with E-state index in [1.54, 1.807) is 4.90 Å². The van der Waals surface area contributed by atoms with E-state index in [4.69, 9.17) is 0 Å². The maximum atomic E-state index is 11.5. The number of rotatable bonds is 2. The molecule has 2 rings (SSSR count). The second-order valence-electron chi connectivity index (χ2n) is 5.49. The van der Waals surface area contributed by atoms with Crippen LogP contribution < -0.4 is 5.32 Å². The van der Waals surface area contributed by atoms with Crippen LogP contribution in [0.25, 0.3) is 0 Å². The molecule has 1 saturated carbocycles. The van der Waals surface area contributed by atoms with Crippen molar-refractivity contribution in [1.29, 1.82) is 0 Å². The average molecular weight is 210 g/mol. The summed E-state index contributed by atoms with van der Waals surface area (Å²) >= 11 is 0. The minimum absolute atomic E-state index is 0.0791. The normalized spacial score (nSPS) is 33.9. The van der Waals surface area contributed by atoms with Gasteiger partial charge >= 0.3 is 6.03 Å². The van der Waals surface area contributed by atoms with Crippen LogP contribution in [0.15, 0.2) is 0 Å². The largest absolute Gasteiger partial charge is 0.324 e. The van der Waals surface area contributed by atoms with Gasteiger partial charge in [0.15, 0.2) is 0 Å². The van der Waals surface area contributed by atoms with Gasteiger partial charge in [-0.2, -0.15) is 0 Å². The average Bonchev–Trinajstić information content (AvgIpc) is 2.70. The van der Waals surface area contributed by atoms with Crippen LogP contribution in [-0.4, -0.2) is 29.9 Å². The third-order valence-corrected chi connectivity index (χ3v) is 3.62. The molecule has 2 fully saturated rings. The lowest BCUT2D eigenvalue weighted by Gasteiger charge is -2.30. The van der Waals surface area contributed by atoms with Crippen LogP contribution in [0.1, 0.15) is 27.2 Å². The van der Waals surface area contributed by atoms with E-state index < -0.39 is 0 Å². The van der Waals surface area contributed by atoms with Gasteiger partial charge in [-0.15, -0.1) is 0 Å². The van der Waals surface area contributed by atoms with Crippen LogP contribution in [0.2, 0.25) is 0 Å². The van der Waals surface area contributed by atoms with Crippen molar-refractivity contribution in [3.63, 3.8) is 0 Å². The zero-order chi connectivity index (χ0) is 11.2. The molecule has 0 bridgehead atoms. The van der Waals surface area contributed by atoms with Gasteiger partial charge in [0.1, 0.15) is 0 Å². The molecule has 2 aliphatic rings. The van der Waals surface area contributed by atoms with Crippen molar-refractivity contribution in [3.05, 3.63) is 0 Å². The number of urea groups is 1. The van der Waals surface area contributed by atoms with Crippen molar-refractivity contribution < 1.29 is 9.59 Å². The van der Waals surface area contributed by atoms with Crippen LogP contribution in [-0.2, 0) is 4.79 Å². The monoisotopic (exact) mass is 210 g/mol. The lowest BCUT2D eigenvalue weighted by molar-refractivity contribution is -0.125. The molecule has 2 atom stereocenters. The van der Waals surface area contributed by atoms with Crippen LogP contribution in [0.5, 0.6) is 0 Å². The highest BCUT2D eigenvalue weighted by Crippen LogP contribution is 2.51. The van der Waals surface area contributed by atoms with Gasteiger partial charge in [0, 0.05) is 13.1 Å². The van der Waals surface area contributed by atoms with Crippen molar-refractivity contribution in [3.8, 4) is 0 Å². The molecule has 4 heteroatoms. The number of imide groups is 1. The van der Waals surface area contributed by atoms with E-state index in [2.05, 4.69) is 19.2 Å². The summed E-state index contributed by atoms with van der Waals surface area (Å²) in [5.74, 6) is 0.375. The second-order valence-corrected chi connectivity index (χ2v) is 5.49. The lowest BCUT2D eigenvalue weighted by Crippen LogP contribution is -2.54. The maximum Gasteiger partial charge on any atom is 0.324 e. The Morgan fingerprint density at radius 1 is 1.47 bits per heavy atom. The van der Waals surface area contributed by atoms with Gasteiger partial charge in [0.25, 0.3) is 0 Å². The zero-order valence-corrected chi connectivity index (χ0v) is 9.54. The molecule has 0 spiro atoms. The van der Waals surface area contributed by atoms with Gasteiger partial charge in [-0.25, -0.2) is 4.79 Å². The number of nitrogens with zero attached hydrogens (tertiary/aromatic N) is 1. The predicted octanol–water partition coefficient (Wildman–Crippen LogP) is 1.22. The van der Waals surface area contributed by atoms with Crippen molar-refractivity contribution in [2.75, 3.05) is 13.1 Å². The number of hydrogen-bond acceptors (Lipinski definition) is 2. The van der Waals surface area contributed by atoms with Crippen molar-refractivity contribution in [1.82, 2.24) is 10.2 Å². The van der Waals surface area contributed by atoms with E-state index in [0.29, 0.717) is 17.9 Å². The molecule has 84 valence electrons. The Bertz CT molecular complexity index is 312. The number of carbonyl (C=O) groups is 2. The smallest absolute Gasteiger partial charge is 0.323 e. The summed E-state index contributed by atoms with van der Waals surface area (Å²) in [6, 6.07) is -0.221. The Labute approximate surface area is 90.0 Å². The molecule has 15 heavy (non-hydrogen) atoms. The summed E-state index contributed by atoms with van der Waals surface area (Å²) in [7, 11) is 0. The molecule has 1 heterocycles. The molecular formula is C11H18N2O2. The maximum absolute atomic E-state index is 11.5. The van der Waals surface area contributed by atoms with Crippen LogP contribution in [0, 0.1) is 17.3 Å². The Hall–Kier alpha value is -1.06. The first-order valence-electron chi connectivity index (χ1n) is 5.50. The van der Waals surface area contributed by atoms with E-state index in [9.17, 15) is 9.59 Å². The van der Waals surface area contributed by atoms with Crippen molar-refractivity contribution >= 4 is 11.9 Å². The molecule has 1 aliphatic carbocycles. The first-order chi connectivity index (χ1) is 6.90. The zero-order valence-electron chi connectivity index (χ0n) is 9.54. The molecule has 2 unspecified atom stereocenters. The van der Waals surface area contributed by atoms with E-state index in [1.807, 2.05) is 6.92 Å². The first kappa shape index (κ1) is 10.5. The van der Waals surface area contributed by atoms with Crippen molar-refractivity contribution in [2.24, 2.45) is 17.3 Å². The molecule has 4 nitrogen and oxygen atoms in total. The van der Waals surface area contributed by atoms with Gasteiger partial charge in [-0.1, -0.05) is 20.8 Å². The highest BCUT2D eigenvalue weighted by Gasteiger charge is 2.47. The van der Waals surface area contributed by atoms with Crippen LogP contribution in [0.3, 0.4) is 0 Å². The third-order valence-electron chi connectivity index (χ3n) is 3.62. The van der Waals surface area contributed by atoms with Gasteiger partial charge < -0.3 is 4.90 Å². The predicted molar refractivity (Wildman–Crippen MR) is 56.2 cm³/mol. The molecule has 3 amide bonds. The third kappa shape index (κ3) is 1.98. The van der Waals surface area contributed by atoms with Crippen LogP contribution >= 0.6 is 0 Å². The fourth-order valence-electron chi connectivity index (χ4n) is 2.12. The molecule has 0 aromatic rings.